The average Bonchev–Trinajstić information content (AvgIpc) is 3.47. The first kappa shape index (κ1) is 78.1. The van der Waals surface area contributed by atoms with Crippen molar-refractivity contribution in [3.63, 3.8) is 0 Å². The zero-order valence-electron chi connectivity index (χ0n) is 54.3. The van der Waals surface area contributed by atoms with Crippen LogP contribution in [0.1, 0.15) is 380 Å². The summed E-state index contributed by atoms with van der Waals surface area (Å²) in [6, 6.07) is 0. The van der Waals surface area contributed by atoms with Crippen LogP contribution in [0.4, 0.5) is 0 Å². The summed E-state index contributed by atoms with van der Waals surface area (Å²) < 4.78 is 17.0. The van der Waals surface area contributed by atoms with Crippen LogP contribution in [0.2, 0.25) is 0 Å². The van der Waals surface area contributed by atoms with E-state index in [1.165, 1.54) is 263 Å². The van der Waals surface area contributed by atoms with E-state index in [9.17, 15) is 14.4 Å². The SMILES string of the molecule is CCCCC/C=C\C/C=C\CCCCCCCCCCCC(=O)OC(COC(=O)CCCCCCCCC/C=C\C/C=C\CCCCC)COC(=O)CCCCCCCCCCCCCCCCC/C=C\CCCCCCCCCC. The second-order valence-electron chi connectivity index (χ2n) is 24.1. The van der Waals surface area contributed by atoms with Gasteiger partial charge in [-0.3, -0.25) is 14.4 Å². The summed E-state index contributed by atoms with van der Waals surface area (Å²) >= 11 is 0. The molecular weight excluding hydrogens is 997 g/mol. The molecular formula is C75H136O6. The highest BCUT2D eigenvalue weighted by atomic mass is 16.6. The first-order valence-corrected chi connectivity index (χ1v) is 35.8. The normalized spacial score (nSPS) is 12.4. The van der Waals surface area contributed by atoms with Gasteiger partial charge in [0.15, 0.2) is 6.10 Å². The van der Waals surface area contributed by atoms with Gasteiger partial charge >= 0.3 is 17.9 Å². The molecule has 0 rings (SSSR count). The summed E-state index contributed by atoms with van der Waals surface area (Å²) in [5, 5.41) is 0. The number of carbonyl (C=O) groups excluding carboxylic acids is 3. The van der Waals surface area contributed by atoms with Crippen LogP contribution in [-0.4, -0.2) is 37.2 Å². The number of allylic oxidation sites excluding steroid dienone is 10. The standard InChI is InChI=1S/C75H136O6/c1-4-7-10-13-16-19-22-25-28-31-33-34-35-36-37-38-39-40-42-44-47-50-53-56-59-62-65-68-74(77)80-71-72(70-79-73(76)67-64-61-58-55-52-49-46-43-30-27-24-21-18-15-12-9-6-3)81-75(78)69-66-63-60-57-54-51-48-45-41-32-29-26-23-20-17-14-11-8-5-2/h17-18,20-21,26-27,29-31,33,72H,4-16,19,22-25,28,32,34-71H2,1-3H3/b20-17-,21-18-,29-26-,30-27-,33-31-. The van der Waals surface area contributed by atoms with Gasteiger partial charge in [0.25, 0.3) is 0 Å². The van der Waals surface area contributed by atoms with Gasteiger partial charge in [0.05, 0.1) is 0 Å². The minimum Gasteiger partial charge on any atom is -0.462 e. The van der Waals surface area contributed by atoms with E-state index in [0.29, 0.717) is 19.3 Å². The lowest BCUT2D eigenvalue weighted by molar-refractivity contribution is -0.167. The molecule has 0 aromatic heterocycles. The maximum atomic E-state index is 13.0. The van der Waals surface area contributed by atoms with Crippen molar-refractivity contribution in [3.05, 3.63) is 60.8 Å². The molecule has 0 saturated carbocycles. The summed E-state index contributed by atoms with van der Waals surface area (Å²) in [7, 11) is 0. The molecule has 0 bridgehead atoms. The quantitative estimate of drug-likeness (QED) is 0.0261. The Kier molecular flexibility index (Phi) is 67.1. The molecule has 0 amide bonds. The largest absolute Gasteiger partial charge is 0.462 e. The van der Waals surface area contributed by atoms with Gasteiger partial charge in [0.2, 0.25) is 0 Å². The molecule has 0 N–H and O–H groups in total. The molecule has 0 spiro atoms. The molecule has 1 atom stereocenters. The monoisotopic (exact) mass is 1130 g/mol. The smallest absolute Gasteiger partial charge is 0.306 e. The van der Waals surface area contributed by atoms with Gasteiger partial charge in [0.1, 0.15) is 13.2 Å². The molecule has 0 aromatic carbocycles. The third-order valence-corrected chi connectivity index (χ3v) is 16.0. The van der Waals surface area contributed by atoms with Crippen LogP contribution >= 0.6 is 0 Å². The molecule has 1 unspecified atom stereocenters. The Morgan fingerprint density at radius 3 is 0.716 bits per heavy atom. The number of hydrogen-bond acceptors (Lipinski definition) is 6. The molecule has 0 saturated heterocycles. The molecule has 0 fully saturated rings. The number of unbranched alkanes of at least 4 members (excludes halogenated alkanes) is 45. The lowest BCUT2D eigenvalue weighted by Gasteiger charge is -2.18. The van der Waals surface area contributed by atoms with E-state index < -0.39 is 6.10 Å². The van der Waals surface area contributed by atoms with Gasteiger partial charge in [-0.15, -0.1) is 0 Å². The van der Waals surface area contributed by atoms with Crippen LogP contribution in [-0.2, 0) is 28.6 Å². The average molecular weight is 1130 g/mol. The Balaban J connectivity index is 4.29. The van der Waals surface area contributed by atoms with Crippen LogP contribution in [0.15, 0.2) is 60.8 Å². The van der Waals surface area contributed by atoms with Crippen molar-refractivity contribution >= 4 is 17.9 Å². The van der Waals surface area contributed by atoms with Gasteiger partial charge in [-0.2, -0.15) is 0 Å². The Morgan fingerprint density at radius 2 is 0.444 bits per heavy atom. The van der Waals surface area contributed by atoms with Gasteiger partial charge < -0.3 is 14.2 Å². The zero-order chi connectivity index (χ0) is 58.5. The fourth-order valence-corrected chi connectivity index (χ4v) is 10.6. The van der Waals surface area contributed by atoms with E-state index in [0.717, 1.165) is 77.0 Å². The zero-order valence-corrected chi connectivity index (χ0v) is 54.3. The molecule has 81 heavy (non-hydrogen) atoms. The molecule has 472 valence electrons. The van der Waals surface area contributed by atoms with Crippen molar-refractivity contribution in [2.45, 2.75) is 386 Å². The third kappa shape index (κ3) is 67.8. The summed E-state index contributed by atoms with van der Waals surface area (Å²) in [6.07, 6.45) is 89.6. The first-order chi connectivity index (χ1) is 40.0. The third-order valence-electron chi connectivity index (χ3n) is 16.0. The molecule has 0 aliphatic heterocycles. The van der Waals surface area contributed by atoms with Crippen LogP contribution in [0.3, 0.4) is 0 Å². The van der Waals surface area contributed by atoms with E-state index in [-0.39, 0.29) is 31.1 Å². The highest BCUT2D eigenvalue weighted by Crippen LogP contribution is 2.18. The molecule has 0 aliphatic carbocycles. The minimum atomic E-state index is -0.781. The van der Waals surface area contributed by atoms with Crippen LogP contribution < -0.4 is 0 Å². The van der Waals surface area contributed by atoms with Crippen LogP contribution in [0.25, 0.3) is 0 Å². The number of esters is 3. The summed E-state index contributed by atoms with van der Waals surface area (Å²) in [6.45, 7) is 6.64. The van der Waals surface area contributed by atoms with Crippen molar-refractivity contribution in [1.29, 1.82) is 0 Å². The highest BCUT2D eigenvalue weighted by molar-refractivity contribution is 5.71. The lowest BCUT2D eigenvalue weighted by Crippen LogP contribution is -2.30. The molecule has 0 aromatic rings. The topological polar surface area (TPSA) is 78.9 Å². The second-order valence-corrected chi connectivity index (χ2v) is 24.1. The summed E-state index contributed by atoms with van der Waals surface area (Å²) in [4.78, 5) is 38.5. The highest BCUT2D eigenvalue weighted by Gasteiger charge is 2.19. The molecule has 6 nitrogen and oxygen atoms in total. The van der Waals surface area contributed by atoms with Crippen molar-refractivity contribution in [2.24, 2.45) is 0 Å². The van der Waals surface area contributed by atoms with Crippen LogP contribution in [0, 0.1) is 0 Å². The lowest BCUT2D eigenvalue weighted by atomic mass is 10.0. The first-order valence-electron chi connectivity index (χ1n) is 35.8. The Bertz CT molecular complexity index is 1440. The van der Waals surface area contributed by atoms with Gasteiger partial charge in [-0.25, -0.2) is 0 Å². The van der Waals surface area contributed by atoms with Crippen molar-refractivity contribution < 1.29 is 28.6 Å². The van der Waals surface area contributed by atoms with E-state index in [1.54, 1.807) is 0 Å². The predicted octanol–water partition coefficient (Wildman–Crippen LogP) is 24.7. The maximum Gasteiger partial charge on any atom is 0.306 e. The number of hydrogen-bond donors (Lipinski definition) is 0. The Morgan fingerprint density at radius 1 is 0.247 bits per heavy atom. The number of rotatable bonds is 66. The minimum absolute atomic E-state index is 0.0754. The predicted molar refractivity (Wildman–Crippen MR) is 353 cm³/mol. The number of ether oxygens (including phenoxy) is 3. The van der Waals surface area contributed by atoms with Crippen molar-refractivity contribution in [1.82, 2.24) is 0 Å². The fraction of sp³-hybridized carbons (Fsp3) is 0.827. The Hall–Kier alpha value is -2.89. The summed E-state index contributed by atoms with van der Waals surface area (Å²) in [5.74, 6) is -0.864. The van der Waals surface area contributed by atoms with Gasteiger partial charge in [0, 0.05) is 19.3 Å². The van der Waals surface area contributed by atoms with Gasteiger partial charge in [-0.05, 0) is 109 Å². The molecule has 0 aliphatic rings. The molecule has 0 radical (unpaired) electrons. The summed E-state index contributed by atoms with van der Waals surface area (Å²) in [5.41, 5.74) is 0. The van der Waals surface area contributed by atoms with E-state index in [4.69, 9.17) is 14.2 Å². The van der Waals surface area contributed by atoms with Crippen LogP contribution in [0.5, 0.6) is 0 Å². The molecule has 6 heteroatoms. The Labute approximate surface area is 504 Å². The van der Waals surface area contributed by atoms with E-state index in [1.807, 2.05) is 0 Å². The van der Waals surface area contributed by atoms with E-state index in [2.05, 4.69) is 81.5 Å². The van der Waals surface area contributed by atoms with Crippen molar-refractivity contribution in [3.8, 4) is 0 Å². The van der Waals surface area contributed by atoms with Crippen molar-refractivity contribution in [2.75, 3.05) is 13.2 Å². The van der Waals surface area contributed by atoms with Gasteiger partial charge in [-0.1, -0.05) is 313 Å². The number of carbonyl (C=O) groups is 3. The maximum absolute atomic E-state index is 13.0. The second kappa shape index (κ2) is 69.6. The van der Waals surface area contributed by atoms with E-state index >= 15 is 0 Å². The fourth-order valence-electron chi connectivity index (χ4n) is 10.6. The molecule has 0 heterocycles.